The van der Waals surface area contributed by atoms with Gasteiger partial charge in [0.1, 0.15) is 17.6 Å². The molecule has 0 radical (unpaired) electrons. The Morgan fingerprint density at radius 1 is 1.56 bits per heavy atom. The molecule has 0 saturated carbocycles. The van der Waals surface area contributed by atoms with Crippen molar-refractivity contribution in [3.05, 3.63) is 17.0 Å². The van der Waals surface area contributed by atoms with Crippen molar-refractivity contribution < 1.29 is 9.47 Å². The van der Waals surface area contributed by atoms with Gasteiger partial charge in [0.2, 0.25) is 0 Å². The molecule has 1 unspecified atom stereocenters. The number of rotatable bonds is 5. The Hall–Kier alpha value is -0.910. The van der Waals surface area contributed by atoms with E-state index in [1.54, 1.807) is 13.2 Å². The van der Waals surface area contributed by atoms with E-state index < -0.39 is 0 Å². The second-order valence-electron chi connectivity index (χ2n) is 4.39. The summed E-state index contributed by atoms with van der Waals surface area (Å²) in [5.41, 5.74) is 0. The average Bonchev–Trinajstić information content (AvgIpc) is 2.37. The smallest absolute Gasteiger partial charge is 0.158 e. The van der Waals surface area contributed by atoms with E-state index in [1.165, 1.54) is 6.42 Å². The molecule has 18 heavy (non-hydrogen) atoms. The maximum absolute atomic E-state index is 5.94. The molecule has 1 atom stereocenters. The van der Waals surface area contributed by atoms with Crippen LogP contribution in [-0.2, 0) is 16.1 Å². The third kappa shape index (κ3) is 4.08. The number of halogens is 1. The molecule has 1 fully saturated rings. The van der Waals surface area contributed by atoms with E-state index in [9.17, 15) is 0 Å². The highest BCUT2D eigenvalue weighted by molar-refractivity contribution is 6.29. The predicted octanol–water partition coefficient (Wildman–Crippen LogP) is 2.11. The molecule has 100 valence electrons. The van der Waals surface area contributed by atoms with Crippen LogP contribution < -0.4 is 5.32 Å². The van der Waals surface area contributed by atoms with E-state index in [0.29, 0.717) is 23.5 Å². The van der Waals surface area contributed by atoms with Crippen LogP contribution in [0.2, 0.25) is 5.15 Å². The van der Waals surface area contributed by atoms with Gasteiger partial charge in [0.25, 0.3) is 0 Å². The first kappa shape index (κ1) is 13.5. The SMILES string of the molecule is COCc1nc(Cl)cc(NCC2CCCOC2)n1. The average molecular weight is 272 g/mol. The quantitative estimate of drug-likeness (QED) is 0.832. The standard InChI is InChI=1S/C12H18ClN3O2/c1-17-8-12-15-10(13)5-11(16-12)14-6-9-3-2-4-18-7-9/h5,9H,2-4,6-8H2,1H3,(H,14,15,16). The van der Waals surface area contributed by atoms with Gasteiger partial charge >= 0.3 is 0 Å². The maximum Gasteiger partial charge on any atom is 0.158 e. The molecule has 1 saturated heterocycles. The van der Waals surface area contributed by atoms with Crippen molar-refractivity contribution in [3.63, 3.8) is 0 Å². The van der Waals surface area contributed by atoms with Crippen LogP contribution >= 0.6 is 11.6 Å². The minimum absolute atomic E-state index is 0.363. The van der Waals surface area contributed by atoms with E-state index in [4.69, 9.17) is 21.1 Å². The first-order valence-electron chi connectivity index (χ1n) is 6.12. The maximum atomic E-state index is 5.94. The van der Waals surface area contributed by atoms with Crippen molar-refractivity contribution in [2.75, 3.05) is 32.2 Å². The van der Waals surface area contributed by atoms with Crippen LogP contribution in [0.1, 0.15) is 18.7 Å². The van der Waals surface area contributed by atoms with Crippen molar-refractivity contribution in [2.45, 2.75) is 19.4 Å². The molecular weight excluding hydrogens is 254 g/mol. The highest BCUT2D eigenvalue weighted by atomic mass is 35.5. The summed E-state index contributed by atoms with van der Waals surface area (Å²) in [5.74, 6) is 1.87. The Bertz CT molecular complexity index is 384. The molecule has 0 bridgehead atoms. The fraction of sp³-hybridized carbons (Fsp3) is 0.667. The molecule has 0 spiro atoms. The molecule has 2 rings (SSSR count). The van der Waals surface area contributed by atoms with Crippen molar-refractivity contribution in [2.24, 2.45) is 5.92 Å². The summed E-state index contributed by atoms with van der Waals surface area (Å²) in [6, 6.07) is 1.73. The normalized spacial score (nSPS) is 19.8. The van der Waals surface area contributed by atoms with Gasteiger partial charge in [0.15, 0.2) is 5.82 Å². The van der Waals surface area contributed by atoms with Gasteiger partial charge in [-0.2, -0.15) is 0 Å². The molecule has 2 heterocycles. The first-order chi connectivity index (χ1) is 8.78. The minimum atomic E-state index is 0.363. The second kappa shape index (κ2) is 6.87. The van der Waals surface area contributed by atoms with E-state index in [0.717, 1.165) is 32.0 Å². The second-order valence-corrected chi connectivity index (χ2v) is 4.78. The van der Waals surface area contributed by atoms with E-state index in [1.807, 2.05) is 0 Å². The van der Waals surface area contributed by atoms with E-state index in [-0.39, 0.29) is 0 Å². The molecule has 0 amide bonds. The number of methoxy groups -OCH3 is 1. The summed E-state index contributed by atoms with van der Waals surface area (Å²) in [4.78, 5) is 8.42. The number of nitrogens with zero attached hydrogens (tertiary/aromatic N) is 2. The zero-order valence-corrected chi connectivity index (χ0v) is 11.2. The Morgan fingerprint density at radius 2 is 2.44 bits per heavy atom. The molecule has 1 aliphatic heterocycles. The lowest BCUT2D eigenvalue weighted by Crippen LogP contribution is -2.24. The van der Waals surface area contributed by atoms with Crippen molar-refractivity contribution in [1.29, 1.82) is 0 Å². The fourth-order valence-corrected chi connectivity index (χ4v) is 2.17. The summed E-state index contributed by atoms with van der Waals surface area (Å²) in [7, 11) is 1.61. The summed E-state index contributed by atoms with van der Waals surface area (Å²) >= 11 is 5.94. The predicted molar refractivity (Wildman–Crippen MR) is 69.8 cm³/mol. The molecule has 5 nitrogen and oxygen atoms in total. The van der Waals surface area contributed by atoms with Crippen molar-refractivity contribution in [1.82, 2.24) is 9.97 Å². The van der Waals surface area contributed by atoms with Crippen LogP contribution in [0.5, 0.6) is 0 Å². The van der Waals surface area contributed by atoms with Gasteiger partial charge in [-0.1, -0.05) is 11.6 Å². The number of hydrogen-bond acceptors (Lipinski definition) is 5. The largest absolute Gasteiger partial charge is 0.381 e. The van der Waals surface area contributed by atoms with Crippen molar-refractivity contribution in [3.8, 4) is 0 Å². The van der Waals surface area contributed by atoms with E-state index >= 15 is 0 Å². The number of nitrogens with one attached hydrogen (secondary N) is 1. The number of aromatic nitrogens is 2. The lowest BCUT2D eigenvalue weighted by molar-refractivity contribution is 0.0595. The van der Waals surface area contributed by atoms with Crippen LogP contribution in [0, 0.1) is 5.92 Å². The van der Waals surface area contributed by atoms with Gasteiger partial charge in [-0.3, -0.25) is 0 Å². The van der Waals surface area contributed by atoms with Gasteiger partial charge in [-0.15, -0.1) is 0 Å². The highest BCUT2D eigenvalue weighted by Gasteiger charge is 2.14. The zero-order valence-electron chi connectivity index (χ0n) is 10.5. The number of anilines is 1. The van der Waals surface area contributed by atoms with Crippen LogP contribution in [0.15, 0.2) is 6.07 Å². The van der Waals surface area contributed by atoms with Crippen LogP contribution in [0.25, 0.3) is 0 Å². The fourth-order valence-electron chi connectivity index (χ4n) is 1.97. The molecule has 1 aliphatic rings. The topological polar surface area (TPSA) is 56.3 Å². The first-order valence-corrected chi connectivity index (χ1v) is 6.49. The Kier molecular flexibility index (Phi) is 5.16. The third-order valence-electron chi connectivity index (χ3n) is 2.84. The van der Waals surface area contributed by atoms with Gasteiger partial charge in [-0.05, 0) is 18.8 Å². The van der Waals surface area contributed by atoms with Gasteiger partial charge in [0.05, 0.1) is 6.61 Å². The number of ether oxygens (including phenoxy) is 2. The summed E-state index contributed by atoms with van der Waals surface area (Å²) in [6.07, 6.45) is 2.32. The van der Waals surface area contributed by atoms with Crippen LogP contribution in [-0.4, -0.2) is 36.8 Å². The molecule has 1 N–H and O–H groups in total. The Labute approximate surface area is 112 Å². The van der Waals surface area contributed by atoms with Gasteiger partial charge < -0.3 is 14.8 Å². The third-order valence-corrected chi connectivity index (χ3v) is 3.03. The minimum Gasteiger partial charge on any atom is -0.381 e. The van der Waals surface area contributed by atoms with Crippen LogP contribution in [0.3, 0.4) is 0 Å². The molecule has 6 heteroatoms. The molecule has 0 aliphatic carbocycles. The lowest BCUT2D eigenvalue weighted by atomic mass is 10.0. The number of hydrogen-bond donors (Lipinski definition) is 1. The Balaban J connectivity index is 1.91. The van der Waals surface area contributed by atoms with Gasteiger partial charge in [0, 0.05) is 26.3 Å². The highest BCUT2D eigenvalue weighted by Crippen LogP contribution is 2.16. The zero-order chi connectivity index (χ0) is 12.8. The molecular formula is C12H18ClN3O2. The summed E-state index contributed by atoms with van der Waals surface area (Å²) < 4.78 is 10.4. The monoisotopic (exact) mass is 271 g/mol. The lowest BCUT2D eigenvalue weighted by Gasteiger charge is -2.22. The molecule has 1 aromatic heterocycles. The molecule has 0 aromatic carbocycles. The van der Waals surface area contributed by atoms with E-state index in [2.05, 4.69) is 15.3 Å². The van der Waals surface area contributed by atoms with Crippen LogP contribution in [0.4, 0.5) is 5.82 Å². The summed E-state index contributed by atoms with van der Waals surface area (Å²) in [6.45, 7) is 2.91. The van der Waals surface area contributed by atoms with Gasteiger partial charge in [-0.25, -0.2) is 9.97 Å². The van der Waals surface area contributed by atoms with Crippen molar-refractivity contribution >= 4 is 17.4 Å². The molecule has 1 aromatic rings. The summed E-state index contributed by atoms with van der Waals surface area (Å²) in [5, 5.41) is 3.71. The Morgan fingerprint density at radius 3 is 3.17 bits per heavy atom.